The normalized spacial score (nSPS) is 54.6. The predicted octanol–water partition coefficient (Wildman–Crippen LogP) is 4.56. The lowest BCUT2D eigenvalue weighted by Crippen LogP contribution is -2.57. The Bertz CT molecular complexity index is 538. The van der Waals surface area contributed by atoms with Gasteiger partial charge in [0, 0.05) is 24.7 Å². The maximum atomic E-state index is 12.4. The van der Waals surface area contributed by atoms with Crippen molar-refractivity contribution in [1.29, 1.82) is 0 Å². The van der Waals surface area contributed by atoms with Crippen molar-refractivity contribution in [3.8, 4) is 0 Å². The Morgan fingerprint density at radius 3 is 2.41 bits per heavy atom. The van der Waals surface area contributed by atoms with E-state index in [1.165, 1.54) is 19.3 Å². The maximum Gasteiger partial charge on any atom is 0.139 e. The third-order valence-corrected chi connectivity index (χ3v) is 8.88. The van der Waals surface area contributed by atoms with E-state index in [1.54, 1.807) is 0 Å². The third-order valence-electron chi connectivity index (χ3n) is 8.88. The number of carbonyl (C=O) groups is 2. The second-order valence-electron chi connectivity index (χ2n) is 9.53. The standard InChI is InChI=1S/C20H30O2/c1-18-9-7-14-15-4-5-17(22)19(15,2)10-8-16(14)20(18,3)11-6-13(21)12-18/h14-16H,4-12H2,1-3H3/t14-,15-,16-,18-,19-,20-/m1/s1. The van der Waals surface area contributed by atoms with Crippen LogP contribution in [0, 0.1) is 34.0 Å². The number of fused-ring (bicyclic) bond motifs is 5. The van der Waals surface area contributed by atoms with Crippen LogP contribution in [0.3, 0.4) is 0 Å². The Balaban J connectivity index is 1.69. The molecule has 4 aliphatic carbocycles. The molecule has 2 heteroatoms. The zero-order chi connectivity index (χ0) is 15.8. The molecule has 0 unspecified atom stereocenters. The van der Waals surface area contributed by atoms with Crippen molar-refractivity contribution in [2.24, 2.45) is 34.0 Å². The fraction of sp³-hybridized carbons (Fsp3) is 0.900. The number of ketones is 2. The molecule has 6 atom stereocenters. The molecule has 0 aromatic heterocycles. The van der Waals surface area contributed by atoms with Crippen molar-refractivity contribution >= 4 is 11.6 Å². The summed E-state index contributed by atoms with van der Waals surface area (Å²) in [5.41, 5.74) is 0.506. The smallest absolute Gasteiger partial charge is 0.139 e. The lowest BCUT2D eigenvalue weighted by Gasteiger charge is -2.63. The highest BCUT2D eigenvalue weighted by Crippen LogP contribution is 2.68. The maximum absolute atomic E-state index is 12.4. The molecule has 0 aromatic rings. The van der Waals surface area contributed by atoms with E-state index in [4.69, 9.17) is 0 Å². The first-order valence-electron chi connectivity index (χ1n) is 9.35. The minimum absolute atomic E-state index is 0.0181. The first-order chi connectivity index (χ1) is 10.3. The van der Waals surface area contributed by atoms with Crippen molar-refractivity contribution in [3.63, 3.8) is 0 Å². The molecule has 0 amide bonds. The highest BCUT2D eigenvalue weighted by molar-refractivity contribution is 5.87. The first kappa shape index (κ1) is 14.9. The number of rotatable bonds is 0. The highest BCUT2D eigenvalue weighted by atomic mass is 16.1. The van der Waals surface area contributed by atoms with E-state index in [-0.39, 0.29) is 10.8 Å². The molecule has 4 rings (SSSR count). The van der Waals surface area contributed by atoms with Crippen LogP contribution in [0.25, 0.3) is 0 Å². The quantitative estimate of drug-likeness (QED) is 0.657. The van der Waals surface area contributed by atoms with Crippen LogP contribution < -0.4 is 0 Å². The first-order valence-corrected chi connectivity index (χ1v) is 9.35. The fourth-order valence-corrected chi connectivity index (χ4v) is 7.17. The van der Waals surface area contributed by atoms with Gasteiger partial charge in [-0.15, -0.1) is 0 Å². The van der Waals surface area contributed by atoms with Gasteiger partial charge in [0.2, 0.25) is 0 Å². The van der Waals surface area contributed by atoms with Crippen LogP contribution >= 0.6 is 0 Å². The van der Waals surface area contributed by atoms with Crippen molar-refractivity contribution in [1.82, 2.24) is 0 Å². The molecular formula is C20H30O2. The van der Waals surface area contributed by atoms with Crippen LogP contribution in [0.5, 0.6) is 0 Å². The van der Waals surface area contributed by atoms with Crippen molar-refractivity contribution in [2.75, 3.05) is 0 Å². The Morgan fingerprint density at radius 2 is 1.64 bits per heavy atom. The van der Waals surface area contributed by atoms with E-state index >= 15 is 0 Å². The molecule has 0 radical (unpaired) electrons. The molecule has 0 N–H and O–H groups in total. The van der Waals surface area contributed by atoms with Gasteiger partial charge in [0.05, 0.1) is 0 Å². The topological polar surface area (TPSA) is 34.1 Å². The monoisotopic (exact) mass is 302 g/mol. The summed E-state index contributed by atoms with van der Waals surface area (Å²) in [5.74, 6) is 3.11. The number of hydrogen-bond donors (Lipinski definition) is 0. The minimum Gasteiger partial charge on any atom is -0.300 e. The van der Waals surface area contributed by atoms with Gasteiger partial charge in [-0.2, -0.15) is 0 Å². The van der Waals surface area contributed by atoms with Gasteiger partial charge < -0.3 is 0 Å². The van der Waals surface area contributed by atoms with Gasteiger partial charge in [0.25, 0.3) is 0 Å². The third kappa shape index (κ3) is 1.67. The van der Waals surface area contributed by atoms with E-state index in [2.05, 4.69) is 20.8 Å². The summed E-state index contributed by atoms with van der Waals surface area (Å²) in [7, 11) is 0. The van der Waals surface area contributed by atoms with Crippen LogP contribution in [0.4, 0.5) is 0 Å². The van der Waals surface area contributed by atoms with Crippen LogP contribution in [-0.2, 0) is 9.59 Å². The summed E-state index contributed by atoms with van der Waals surface area (Å²) in [6.07, 6.45) is 9.36. The summed E-state index contributed by atoms with van der Waals surface area (Å²) in [6.45, 7) is 7.12. The molecule has 0 spiro atoms. The largest absolute Gasteiger partial charge is 0.300 e. The Morgan fingerprint density at radius 1 is 0.864 bits per heavy atom. The summed E-state index contributed by atoms with van der Waals surface area (Å²) in [5, 5.41) is 0. The molecule has 4 aliphatic rings. The van der Waals surface area contributed by atoms with Crippen LogP contribution in [0.1, 0.15) is 78.6 Å². The van der Waals surface area contributed by atoms with E-state index in [1.807, 2.05) is 0 Å². The molecule has 0 aliphatic heterocycles. The zero-order valence-corrected chi connectivity index (χ0v) is 14.4. The number of hydrogen-bond acceptors (Lipinski definition) is 2. The fourth-order valence-electron chi connectivity index (χ4n) is 7.17. The molecule has 0 bridgehead atoms. The van der Waals surface area contributed by atoms with E-state index in [0.717, 1.165) is 50.4 Å². The molecule has 0 saturated heterocycles. The van der Waals surface area contributed by atoms with Crippen molar-refractivity contribution < 1.29 is 9.59 Å². The van der Waals surface area contributed by atoms with Gasteiger partial charge >= 0.3 is 0 Å². The Labute approximate surface area is 134 Å². The minimum atomic E-state index is -0.0181. The summed E-state index contributed by atoms with van der Waals surface area (Å²) < 4.78 is 0. The lowest BCUT2D eigenvalue weighted by atomic mass is 9.41. The molecule has 0 aromatic carbocycles. The number of Topliss-reactive ketones (excluding diaryl/α,β-unsaturated/α-hetero) is 2. The summed E-state index contributed by atoms with van der Waals surface area (Å²) in [4.78, 5) is 24.5. The molecule has 22 heavy (non-hydrogen) atoms. The Kier molecular flexibility index (Phi) is 3.02. The van der Waals surface area contributed by atoms with E-state index < -0.39 is 0 Å². The predicted molar refractivity (Wildman–Crippen MR) is 86.4 cm³/mol. The van der Waals surface area contributed by atoms with Gasteiger partial charge in [-0.3, -0.25) is 9.59 Å². The summed E-state index contributed by atoms with van der Waals surface area (Å²) >= 11 is 0. The van der Waals surface area contributed by atoms with Crippen molar-refractivity contribution in [3.05, 3.63) is 0 Å². The summed E-state index contributed by atoms with van der Waals surface area (Å²) in [6, 6.07) is 0. The molecular weight excluding hydrogens is 272 g/mol. The zero-order valence-electron chi connectivity index (χ0n) is 14.4. The lowest BCUT2D eigenvalue weighted by molar-refractivity contribution is -0.163. The van der Waals surface area contributed by atoms with Gasteiger partial charge in [-0.25, -0.2) is 0 Å². The average Bonchev–Trinajstić information content (AvgIpc) is 2.76. The number of carbonyl (C=O) groups excluding carboxylic acids is 2. The van der Waals surface area contributed by atoms with E-state index in [9.17, 15) is 9.59 Å². The van der Waals surface area contributed by atoms with Crippen molar-refractivity contribution in [2.45, 2.75) is 78.6 Å². The van der Waals surface area contributed by atoms with Gasteiger partial charge in [0.15, 0.2) is 0 Å². The molecule has 0 heterocycles. The van der Waals surface area contributed by atoms with Gasteiger partial charge in [-0.1, -0.05) is 20.8 Å². The van der Waals surface area contributed by atoms with Crippen LogP contribution in [-0.4, -0.2) is 11.6 Å². The van der Waals surface area contributed by atoms with E-state index in [0.29, 0.717) is 22.9 Å². The van der Waals surface area contributed by atoms with Crippen LogP contribution in [0.15, 0.2) is 0 Å². The second-order valence-corrected chi connectivity index (χ2v) is 9.53. The SMILES string of the molecule is C[C@]12CC[C@@H]3[C@H]4CCC(=O)[C@]4(C)CC[C@H]3[C@@]1(C)CCC(=O)C2. The van der Waals surface area contributed by atoms with Gasteiger partial charge in [0.1, 0.15) is 11.6 Å². The highest BCUT2D eigenvalue weighted by Gasteiger charge is 2.63. The molecule has 4 fully saturated rings. The molecule has 4 saturated carbocycles. The molecule has 122 valence electrons. The Hall–Kier alpha value is -0.660. The van der Waals surface area contributed by atoms with Crippen LogP contribution in [0.2, 0.25) is 0 Å². The second kappa shape index (κ2) is 4.45. The average molecular weight is 302 g/mol. The molecule has 2 nitrogen and oxygen atoms in total. The van der Waals surface area contributed by atoms with Gasteiger partial charge in [-0.05, 0) is 67.1 Å².